The summed E-state index contributed by atoms with van der Waals surface area (Å²) in [5, 5.41) is 9.91. The topological polar surface area (TPSA) is 77.5 Å². The van der Waals surface area contributed by atoms with Gasteiger partial charge < -0.3 is 29.0 Å². The molecule has 0 atom stereocenters. The van der Waals surface area contributed by atoms with Crippen molar-refractivity contribution in [3.8, 4) is 28.7 Å². The van der Waals surface area contributed by atoms with Crippen molar-refractivity contribution in [2.75, 3.05) is 40.4 Å². The lowest BCUT2D eigenvalue weighted by Gasteiger charge is -2.20. The van der Waals surface area contributed by atoms with Crippen molar-refractivity contribution in [2.24, 2.45) is 0 Å². The van der Waals surface area contributed by atoms with E-state index in [0.29, 0.717) is 34.2 Å². The Kier molecular flexibility index (Phi) is 5.59. The largest absolute Gasteiger partial charge is 0.504 e. The number of hydrogen-bond acceptors (Lipinski definition) is 6. The van der Waals surface area contributed by atoms with Crippen LogP contribution in [0.25, 0.3) is 0 Å². The smallest absolute Gasteiger partial charge is 0.258 e. The number of phenolic OH excluding ortho intramolecular Hbond substituents is 1. The standard InChI is InChI=1S/C18H21NO6/c1-19(12-6-7-14(22-2)13(20)10-12)18(21)11-8-15(23-3)17(25-5)16(9-11)24-4/h6-10,20H,1-5H3. The fourth-order valence-corrected chi connectivity index (χ4v) is 2.40. The lowest BCUT2D eigenvalue weighted by molar-refractivity contribution is 0.0992. The molecule has 0 aliphatic rings. The fourth-order valence-electron chi connectivity index (χ4n) is 2.40. The summed E-state index contributed by atoms with van der Waals surface area (Å²) in [5.74, 6) is 1.16. The van der Waals surface area contributed by atoms with Gasteiger partial charge in [-0.25, -0.2) is 0 Å². The number of anilines is 1. The van der Waals surface area contributed by atoms with Crippen LogP contribution in [-0.4, -0.2) is 46.5 Å². The molecule has 0 heterocycles. The molecule has 25 heavy (non-hydrogen) atoms. The summed E-state index contributed by atoms with van der Waals surface area (Å²) in [5.41, 5.74) is 0.865. The van der Waals surface area contributed by atoms with Crippen LogP contribution in [0, 0.1) is 0 Å². The minimum Gasteiger partial charge on any atom is -0.504 e. The molecule has 0 saturated carbocycles. The van der Waals surface area contributed by atoms with Crippen LogP contribution in [-0.2, 0) is 0 Å². The Morgan fingerprint density at radius 3 is 1.88 bits per heavy atom. The molecular formula is C18H21NO6. The number of amides is 1. The number of aromatic hydroxyl groups is 1. The van der Waals surface area contributed by atoms with Crippen LogP contribution >= 0.6 is 0 Å². The van der Waals surface area contributed by atoms with Gasteiger partial charge in [0, 0.05) is 24.4 Å². The minimum absolute atomic E-state index is 0.0513. The highest BCUT2D eigenvalue weighted by Crippen LogP contribution is 2.39. The first kappa shape index (κ1) is 18.3. The van der Waals surface area contributed by atoms with Gasteiger partial charge in [-0.05, 0) is 24.3 Å². The second kappa shape index (κ2) is 7.65. The number of benzene rings is 2. The molecule has 0 aliphatic carbocycles. The molecule has 0 unspecified atom stereocenters. The third-order valence-corrected chi connectivity index (χ3v) is 3.77. The molecule has 7 heteroatoms. The number of rotatable bonds is 6. The average Bonchev–Trinajstić information content (AvgIpc) is 2.65. The van der Waals surface area contributed by atoms with Crippen molar-refractivity contribution in [3.05, 3.63) is 35.9 Å². The quantitative estimate of drug-likeness (QED) is 0.866. The van der Waals surface area contributed by atoms with Crippen molar-refractivity contribution < 1.29 is 28.8 Å². The molecule has 0 saturated heterocycles. The van der Waals surface area contributed by atoms with Crippen molar-refractivity contribution >= 4 is 11.6 Å². The summed E-state index contributed by atoms with van der Waals surface area (Å²) in [6, 6.07) is 7.86. The number of hydrogen-bond donors (Lipinski definition) is 1. The van der Waals surface area contributed by atoms with Crippen LogP contribution in [0.1, 0.15) is 10.4 Å². The van der Waals surface area contributed by atoms with Crippen molar-refractivity contribution in [2.45, 2.75) is 0 Å². The monoisotopic (exact) mass is 347 g/mol. The first-order chi connectivity index (χ1) is 12.0. The number of carbonyl (C=O) groups excluding carboxylic acids is 1. The molecular weight excluding hydrogens is 326 g/mol. The van der Waals surface area contributed by atoms with Crippen LogP contribution in [0.5, 0.6) is 28.7 Å². The summed E-state index contributed by atoms with van der Waals surface area (Å²) in [6.45, 7) is 0. The summed E-state index contributed by atoms with van der Waals surface area (Å²) in [7, 11) is 7.52. The lowest BCUT2D eigenvalue weighted by Crippen LogP contribution is -2.26. The first-order valence-electron chi connectivity index (χ1n) is 7.41. The molecule has 1 N–H and O–H groups in total. The van der Waals surface area contributed by atoms with Crippen LogP contribution in [0.15, 0.2) is 30.3 Å². The number of methoxy groups -OCH3 is 4. The van der Waals surface area contributed by atoms with E-state index in [1.54, 1.807) is 31.3 Å². The molecule has 2 rings (SSSR count). The maximum Gasteiger partial charge on any atom is 0.258 e. The molecule has 1 amide bonds. The number of ether oxygens (including phenoxy) is 4. The van der Waals surface area contributed by atoms with Crippen molar-refractivity contribution in [1.82, 2.24) is 0 Å². The van der Waals surface area contributed by atoms with Gasteiger partial charge in [-0.2, -0.15) is 0 Å². The maximum absolute atomic E-state index is 12.8. The van der Waals surface area contributed by atoms with Crippen LogP contribution in [0.2, 0.25) is 0 Å². The zero-order valence-corrected chi connectivity index (χ0v) is 14.8. The van der Waals surface area contributed by atoms with E-state index in [1.165, 1.54) is 39.4 Å². The Labute approximate surface area is 146 Å². The van der Waals surface area contributed by atoms with Gasteiger partial charge in [-0.15, -0.1) is 0 Å². The van der Waals surface area contributed by atoms with Crippen molar-refractivity contribution in [1.29, 1.82) is 0 Å². The predicted molar refractivity (Wildman–Crippen MR) is 93.5 cm³/mol. The third kappa shape index (κ3) is 3.55. The lowest BCUT2D eigenvalue weighted by atomic mass is 10.1. The molecule has 0 aliphatic heterocycles. The zero-order valence-electron chi connectivity index (χ0n) is 14.8. The normalized spacial score (nSPS) is 10.1. The molecule has 2 aromatic rings. The van der Waals surface area contributed by atoms with E-state index in [-0.39, 0.29) is 11.7 Å². The predicted octanol–water partition coefficient (Wildman–Crippen LogP) is 2.70. The molecule has 0 spiro atoms. The van der Waals surface area contributed by atoms with E-state index in [1.807, 2.05) is 0 Å². The number of phenols is 1. The summed E-state index contributed by atoms with van der Waals surface area (Å²) < 4.78 is 20.8. The first-order valence-corrected chi connectivity index (χ1v) is 7.41. The summed E-state index contributed by atoms with van der Waals surface area (Å²) >= 11 is 0. The van der Waals surface area contributed by atoms with E-state index in [2.05, 4.69) is 0 Å². The van der Waals surface area contributed by atoms with Gasteiger partial charge in [0.2, 0.25) is 5.75 Å². The van der Waals surface area contributed by atoms with Gasteiger partial charge in [0.1, 0.15) is 0 Å². The van der Waals surface area contributed by atoms with Crippen LogP contribution in [0.3, 0.4) is 0 Å². The zero-order chi connectivity index (χ0) is 18.6. The molecule has 0 fully saturated rings. The third-order valence-electron chi connectivity index (χ3n) is 3.77. The molecule has 0 radical (unpaired) electrons. The van der Waals surface area contributed by atoms with E-state index in [4.69, 9.17) is 18.9 Å². The molecule has 0 bridgehead atoms. The van der Waals surface area contributed by atoms with Gasteiger partial charge in [0.15, 0.2) is 23.0 Å². The van der Waals surface area contributed by atoms with Gasteiger partial charge in [-0.1, -0.05) is 0 Å². The Morgan fingerprint density at radius 2 is 1.44 bits per heavy atom. The second-order valence-corrected chi connectivity index (χ2v) is 5.13. The maximum atomic E-state index is 12.8. The second-order valence-electron chi connectivity index (χ2n) is 5.13. The van der Waals surface area contributed by atoms with E-state index >= 15 is 0 Å². The number of nitrogens with zero attached hydrogens (tertiary/aromatic N) is 1. The Morgan fingerprint density at radius 1 is 0.880 bits per heavy atom. The Balaban J connectivity index is 2.41. The van der Waals surface area contributed by atoms with E-state index in [0.717, 1.165) is 0 Å². The van der Waals surface area contributed by atoms with Gasteiger partial charge in [0.05, 0.1) is 28.4 Å². The van der Waals surface area contributed by atoms with Crippen LogP contribution in [0.4, 0.5) is 5.69 Å². The molecule has 7 nitrogen and oxygen atoms in total. The van der Waals surface area contributed by atoms with Gasteiger partial charge in [-0.3, -0.25) is 4.79 Å². The van der Waals surface area contributed by atoms with Gasteiger partial charge >= 0.3 is 0 Å². The highest BCUT2D eigenvalue weighted by molar-refractivity contribution is 6.06. The van der Waals surface area contributed by atoms with Crippen LogP contribution < -0.4 is 23.8 Å². The summed E-state index contributed by atoms with van der Waals surface area (Å²) in [4.78, 5) is 14.2. The minimum atomic E-state index is -0.302. The highest BCUT2D eigenvalue weighted by atomic mass is 16.5. The molecule has 134 valence electrons. The van der Waals surface area contributed by atoms with E-state index < -0.39 is 0 Å². The number of carbonyl (C=O) groups is 1. The fraction of sp³-hybridized carbons (Fsp3) is 0.278. The van der Waals surface area contributed by atoms with E-state index in [9.17, 15) is 9.90 Å². The molecule has 2 aromatic carbocycles. The van der Waals surface area contributed by atoms with Gasteiger partial charge in [0.25, 0.3) is 5.91 Å². The van der Waals surface area contributed by atoms with Crippen molar-refractivity contribution in [3.63, 3.8) is 0 Å². The Bertz CT molecular complexity index is 749. The molecule has 0 aromatic heterocycles. The average molecular weight is 347 g/mol. The summed E-state index contributed by atoms with van der Waals surface area (Å²) in [6.07, 6.45) is 0. The highest BCUT2D eigenvalue weighted by Gasteiger charge is 2.20. The Hall–Kier alpha value is -3.09. The SMILES string of the molecule is COc1ccc(N(C)C(=O)c2cc(OC)c(OC)c(OC)c2)cc1O.